The number of rotatable bonds is 7. The number of aromatic nitrogens is 1. The number of phenols is 1. The van der Waals surface area contributed by atoms with Crippen molar-refractivity contribution in [3.8, 4) is 18.1 Å². The molecule has 2 N–H and O–H groups in total. The SMILES string of the molecule is C#CCN1CC(=O)N2[C@@H](Cc3ccc(O)cc3)C(=O)N(Cc3cccc4cccnc34)C[C@@H]2N1C(=O)NCc1ccccc1. The average Bonchev–Trinajstić information content (AvgIpc) is 3.03. The molecule has 2 fully saturated rings. The molecule has 10 heteroatoms. The lowest BCUT2D eigenvalue weighted by molar-refractivity contribution is -0.189. The zero-order valence-electron chi connectivity index (χ0n) is 24.0. The molecule has 1 aromatic heterocycles. The van der Waals surface area contributed by atoms with Crippen LogP contribution in [0.2, 0.25) is 0 Å². The molecule has 0 radical (unpaired) electrons. The quantitative estimate of drug-likeness (QED) is 0.321. The van der Waals surface area contributed by atoms with Gasteiger partial charge in [0.05, 0.1) is 25.2 Å². The molecule has 4 amide bonds. The Morgan fingerprint density at radius 3 is 2.52 bits per heavy atom. The lowest BCUT2D eigenvalue weighted by Gasteiger charge is -2.55. The number of urea groups is 1. The summed E-state index contributed by atoms with van der Waals surface area (Å²) in [5.41, 5.74) is 3.33. The number of amides is 4. The molecular formula is C34H32N6O4. The maximum Gasteiger partial charge on any atom is 0.334 e. The van der Waals surface area contributed by atoms with Gasteiger partial charge in [0, 0.05) is 31.1 Å². The van der Waals surface area contributed by atoms with Gasteiger partial charge in [0.2, 0.25) is 11.8 Å². The summed E-state index contributed by atoms with van der Waals surface area (Å²) in [6.45, 7) is 0.499. The van der Waals surface area contributed by atoms with Gasteiger partial charge in [-0.3, -0.25) is 14.6 Å². The van der Waals surface area contributed by atoms with Crippen molar-refractivity contribution in [2.75, 3.05) is 19.6 Å². The van der Waals surface area contributed by atoms with Gasteiger partial charge < -0.3 is 20.2 Å². The van der Waals surface area contributed by atoms with Crippen molar-refractivity contribution in [2.24, 2.45) is 0 Å². The van der Waals surface area contributed by atoms with Gasteiger partial charge in [-0.2, -0.15) is 5.01 Å². The van der Waals surface area contributed by atoms with Crippen LogP contribution in [0, 0.1) is 12.3 Å². The first-order valence-corrected chi connectivity index (χ1v) is 14.4. The molecule has 4 aromatic rings. The fourth-order valence-electron chi connectivity index (χ4n) is 5.99. The van der Waals surface area contributed by atoms with Crippen LogP contribution in [-0.2, 0) is 29.1 Å². The topological polar surface area (TPSA) is 109 Å². The van der Waals surface area contributed by atoms with Crippen molar-refractivity contribution in [2.45, 2.75) is 31.7 Å². The number of benzene rings is 3. The van der Waals surface area contributed by atoms with E-state index in [1.807, 2.05) is 60.7 Å². The first-order chi connectivity index (χ1) is 21.4. The second kappa shape index (κ2) is 12.5. The number of carbonyl (C=O) groups excluding carboxylic acids is 3. The van der Waals surface area contributed by atoms with Gasteiger partial charge in [-0.25, -0.2) is 9.80 Å². The van der Waals surface area contributed by atoms with Crippen LogP contribution in [0.5, 0.6) is 5.75 Å². The normalized spacial score (nSPS) is 18.7. The minimum Gasteiger partial charge on any atom is -0.508 e. The van der Waals surface area contributed by atoms with E-state index in [4.69, 9.17) is 6.42 Å². The highest BCUT2D eigenvalue weighted by Gasteiger charge is 2.51. The van der Waals surface area contributed by atoms with E-state index in [2.05, 4.69) is 16.2 Å². The van der Waals surface area contributed by atoms with Crippen LogP contribution in [0.15, 0.2) is 91.1 Å². The molecule has 0 bridgehead atoms. The molecule has 44 heavy (non-hydrogen) atoms. The Kier molecular flexibility index (Phi) is 8.12. The van der Waals surface area contributed by atoms with Gasteiger partial charge in [-0.15, -0.1) is 6.42 Å². The summed E-state index contributed by atoms with van der Waals surface area (Å²) in [6.07, 6.45) is 6.80. The Morgan fingerprint density at radius 1 is 0.977 bits per heavy atom. The van der Waals surface area contributed by atoms with Crippen LogP contribution in [0.25, 0.3) is 10.9 Å². The number of piperazine rings is 1. The van der Waals surface area contributed by atoms with Crippen molar-refractivity contribution in [1.82, 2.24) is 30.1 Å². The van der Waals surface area contributed by atoms with Crippen LogP contribution in [0.4, 0.5) is 4.79 Å². The second-order valence-electron chi connectivity index (χ2n) is 10.9. The third-order valence-electron chi connectivity index (χ3n) is 8.04. The fourth-order valence-corrected chi connectivity index (χ4v) is 5.99. The predicted molar refractivity (Wildman–Crippen MR) is 164 cm³/mol. The van der Waals surface area contributed by atoms with E-state index >= 15 is 0 Å². The third-order valence-corrected chi connectivity index (χ3v) is 8.04. The van der Waals surface area contributed by atoms with Crippen LogP contribution in [0.1, 0.15) is 16.7 Å². The number of terminal acetylenes is 1. The summed E-state index contributed by atoms with van der Waals surface area (Å²) in [5, 5.41) is 16.8. The van der Waals surface area contributed by atoms with Crippen LogP contribution < -0.4 is 5.32 Å². The lowest BCUT2D eigenvalue weighted by atomic mass is 9.98. The van der Waals surface area contributed by atoms with Crippen LogP contribution in [-0.4, -0.2) is 79.6 Å². The maximum atomic E-state index is 14.2. The zero-order valence-corrected chi connectivity index (χ0v) is 24.0. The van der Waals surface area contributed by atoms with E-state index in [0.717, 1.165) is 27.6 Å². The number of fused-ring (bicyclic) bond motifs is 2. The molecule has 0 saturated carbocycles. The number of hydrazine groups is 1. The highest BCUT2D eigenvalue weighted by Crippen LogP contribution is 2.30. The maximum absolute atomic E-state index is 14.2. The molecule has 2 aliphatic rings. The van der Waals surface area contributed by atoms with Crippen molar-refractivity contribution < 1.29 is 19.5 Å². The predicted octanol–water partition coefficient (Wildman–Crippen LogP) is 3.12. The molecule has 10 nitrogen and oxygen atoms in total. The number of nitrogens with zero attached hydrogens (tertiary/aromatic N) is 5. The summed E-state index contributed by atoms with van der Waals surface area (Å²) in [4.78, 5) is 49.6. The average molecular weight is 589 g/mol. The molecule has 0 aliphatic carbocycles. The number of para-hydroxylation sites is 1. The minimum atomic E-state index is -0.883. The van der Waals surface area contributed by atoms with Crippen molar-refractivity contribution in [3.05, 3.63) is 108 Å². The Balaban J connectivity index is 1.37. The van der Waals surface area contributed by atoms with E-state index in [1.54, 1.807) is 40.4 Å². The Hall–Kier alpha value is -5.40. The Labute approximate surface area is 255 Å². The fraction of sp³-hybridized carbons (Fsp3) is 0.235. The highest BCUT2D eigenvalue weighted by molar-refractivity contribution is 5.92. The summed E-state index contributed by atoms with van der Waals surface area (Å²) >= 11 is 0. The zero-order chi connectivity index (χ0) is 30.6. The summed E-state index contributed by atoms with van der Waals surface area (Å²) in [6, 6.07) is 24.5. The van der Waals surface area contributed by atoms with E-state index < -0.39 is 18.2 Å². The standard InChI is InChI=1S/C34H32N6O4/c1-2-18-38-23-31(42)39-29(19-24-13-15-28(41)16-14-24)33(43)37(21-27-11-6-10-26-12-7-17-35-32(26)27)22-30(39)40(38)34(44)36-20-25-8-4-3-5-9-25/h1,3-17,29-30,41H,18-23H2,(H,36,44)/t29-,30-/m0/s1. The Morgan fingerprint density at radius 2 is 1.75 bits per heavy atom. The van der Waals surface area contributed by atoms with Gasteiger partial charge in [-0.05, 0) is 34.9 Å². The molecule has 3 heterocycles. The molecular weight excluding hydrogens is 556 g/mol. The lowest BCUT2D eigenvalue weighted by Crippen LogP contribution is -2.76. The third kappa shape index (κ3) is 5.78. The largest absolute Gasteiger partial charge is 0.508 e. The second-order valence-corrected chi connectivity index (χ2v) is 10.9. The molecule has 2 aliphatic heterocycles. The van der Waals surface area contributed by atoms with Crippen LogP contribution in [0.3, 0.4) is 0 Å². The van der Waals surface area contributed by atoms with Crippen molar-refractivity contribution in [1.29, 1.82) is 0 Å². The van der Waals surface area contributed by atoms with Crippen LogP contribution >= 0.6 is 0 Å². The smallest absolute Gasteiger partial charge is 0.334 e. The minimum absolute atomic E-state index is 0.0403. The van der Waals surface area contributed by atoms with E-state index in [-0.39, 0.29) is 56.7 Å². The Bertz CT molecular complexity index is 1720. The number of pyridine rings is 1. The van der Waals surface area contributed by atoms with Gasteiger partial charge in [0.15, 0.2) is 0 Å². The number of aromatic hydroxyl groups is 1. The number of hydrogen-bond acceptors (Lipinski definition) is 6. The summed E-state index contributed by atoms with van der Waals surface area (Å²) < 4.78 is 0. The van der Waals surface area contributed by atoms with Gasteiger partial charge in [0.1, 0.15) is 18.0 Å². The van der Waals surface area contributed by atoms with Gasteiger partial charge >= 0.3 is 6.03 Å². The molecule has 3 aromatic carbocycles. The molecule has 2 saturated heterocycles. The number of phenolic OH excluding ortho intramolecular Hbond substituents is 1. The molecule has 0 unspecified atom stereocenters. The molecule has 2 atom stereocenters. The summed E-state index contributed by atoms with van der Waals surface area (Å²) in [5.74, 6) is 2.15. The van der Waals surface area contributed by atoms with E-state index in [1.165, 1.54) is 9.91 Å². The first-order valence-electron chi connectivity index (χ1n) is 14.4. The highest BCUT2D eigenvalue weighted by atomic mass is 16.3. The van der Waals surface area contributed by atoms with Gasteiger partial charge in [0.25, 0.3) is 0 Å². The van der Waals surface area contributed by atoms with Crippen molar-refractivity contribution >= 4 is 28.7 Å². The monoisotopic (exact) mass is 588 g/mol. The number of carbonyl (C=O) groups is 3. The number of nitrogens with one attached hydrogen (secondary N) is 1. The molecule has 0 spiro atoms. The van der Waals surface area contributed by atoms with E-state index in [0.29, 0.717) is 0 Å². The first kappa shape index (κ1) is 28.7. The van der Waals surface area contributed by atoms with Gasteiger partial charge in [-0.1, -0.05) is 72.7 Å². The summed E-state index contributed by atoms with van der Waals surface area (Å²) in [7, 11) is 0. The van der Waals surface area contributed by atoms with Crippen molar-refractivity contribution in [3.63, 3.8) is 0 Å². The molecule has 6 rings (SSSR count). The number of hydrogen-bond donors (Lipinski definition) is 2. The van der Waals surface area contributed by atoms with E-state index in [9.17, 15) is 19.5 Å². The molecule has 222 valence electrons.